The molecule has 7 nitrogen and oxygen atoms in total. The summed E-state index contributed by atoms with van der Waals surface area (Å²) in [5, 5.41) is 19.4. The van der Waals surface area contributed by atoms with Crippen molar-refractivity contribution in [3.63, 3.8) is 0 Å². The van der Waals surface area contributed by atoms with Gasteiger partial charge in [-0.15, -0.1) is 0 Å². The quantitative estimate of drug-likeness (QED) is 0.635. The minimum atomic E-state index is -0.571. The first kappa shape index (κ1) is 15.1. The molecule has 1 heterocycles. The molecule has 1 aromatic heterocycles. The van der Waals surface area contributed by atoms with Gasteiger partial charge >= 0.3 is 0 Å². The second-order valence-electron chi connectivity index (χ2n) is 4.63. The van der Waals surface area contributed by atoms with E-state index in [1.165, 1.54) is 17.0 Å². The predicted octanol–water partition coefficient (Wildman–Crippen LogP) is 2.13. The van der Waals surface area contributed by atoms with E-state index in [4.69, 9.17) is 5.26 Å². The van der Waals surface area contributed by atoms with Crippen LogP contribution in [0, 0.1) is 21.4 Å². The van der Waals surface area contributed by atoms with E-state index >= 15 is 0 Å². The van der Waals surface area contributed by atoms with E-state index in [1.807, 2.05) is 12.1 Å². The number of nitro groups is 1. The summed E-state index contributed by atoms with van der Waals surface area (Å²) >= 11 is 0. The molecule has 0 bridgehead atoms. The molecule has 1 aromatic carbocycles. The van der Waals surface area contributed by atoms with E-state index in [-0.39, 0.29) is 17.3 Å². The van der Waals surface area contributed by atoms with Crippen LogP contribution in [-0.4, -0.2) is 27.8 Å². The van der Waals surface area contributed by atoms with Crippen LogP contribution >= 0.6 is 0 Å². The van der Waals surface area contributed by atoms with Crippen LogP contribution in [0.1, 0.15) is 21.6 Å². The van der Waals surface area contributed by atoms with Gasteiger partial charge in [-0.1, -0.05) is 12.1 Å². The molecular weight excluding hydrogens is 284 g/mol. The molecule has 2 rings (SSSR count). The summed E-state index contributed by atoms with van der Waals surface area (Å²) in [5.74, 6) is -0.350. The summed E-state index contributed by atoms with van der Waals surface area (Å²) in [6, 6.07) is 11.5. The van der Waals surface area contributed by atoms with Crippen LogP contribution in [0.25, 0.3) is 0 Å². The van der Waals surface area contributed by atoms with Gasteiger partial charge in [-0.25, -0.2) is 4.98 Å². The van der Waals surface area contributed by atoms with Gasteiger partial charge in [-0.2, -0.15) is 5.26 Å². The van der Waals surface area contributed by atoms with Gasteiger partial charge in [-0.05, 0) is 23.8 Å². The van der Waals surface area contributed by atoms with Gasteiger partial charge in [0.1, 0.15) is 11.9 Å². The van der Waals surface area contributed by atoms with Gasteiger partial charge in [-0.3, -0.25) is 14.9 Å². The normalized spacial score (nSPS) is 9.82. The van der Waals surface area contributed by atoms with Crippen molar-refractivity contribution in [3.05, 3.63) is 69.5 Å². The number of amides is 1. The predicted molar refractivity (Wildman–Crippen MR) is 77.8 cm³/mol. The summed E-state index contributed by atoms with van der Waals surface area (Å²) in [4.78, 5) is 27.4. The number of aromatic nitrogens is 1. The Kier molecular flexibility index (Phi) is 4.44. The number of hydrogen-bond donors (Lipinski definition) is 0. The Hall–Kier alpha value is -3.27. The number of nitrogens with zero attached hydrogens (tertiary/aromatic N) is 4. The van der Waals surface area contributed by atoms with Crippen LogP contribution in [0.4, 0.5) is 5.69 Å². The number of pyridine rings is 1. The highest BCUT2D eigenvalue weighted by molar-refractivity contribution is 5.92. The lowest BCUT2D eigenvalue weighted by Crippen LogP contribution is -2.27. The third kappa shape index (κ3) is 3.43. The number of nitriles is 1. The molecule has 0 atom stereocenters. The number of benzene rings is 1. The van der Waals surface area contributed by atoms with Crippen LogP contribution in [-0.2, 0) is 6.54 Å². The smallest absolute Gasteiger partial charge is 0.287 e. The van der Waals surface area contributed by atoms with Crippen molar-refractivity contribution >= 4 is 11.6 Å². The molecule has 22 heavy (non-hydrogen) atoms. The van der Waals surface area contributed by atoms with Crippen LogP contribution in [0.15, 0.2) is 42.6 Å². The zero-order valence-electron chi connectivity index (χ0n) is 11.8. The SMILES string of the molecule is CN(Cc1cccc(C#N)c1)C(=O)c1ccc([N+](=O)[O-])cn1. The van der Waals surface area contributed by atoms with Gasteiger partial charge in [0.2, 0.25) is 0 Å². The highest BCUT2D eigenvalue weighted by Crippen LogP contribution is 2.12. The first-order valence-corrected chi connectivity index (χ1v) is 6.36. The zero-order valence-corrected chi connectivity index (χ0v) is 11.8. The second kappa shape index (κ2) is 6.45. The van der Waals surface area contributed by atoms with Crippen molar-refractivity contribution in [1.29, 1.82) is 5.26 Å². The molecule has 0 aliphatic rings. The van der Waals surface area contributed by atoms with Crippen LogP contribution < -0.4 is 0 Å². The lowest BCUT2D eigenvalue weighted by Gasteiger charge is -2.16. The average molecular weight is 296 g/mol. The fraction of sp³-hybridized carbons (Fsp3) is 0.133. The van der Waals surface area contributed by atoms with Crippen LogP contribution in [0.2, 0.25) is 0 Å². The first-order valence-electron chi connectivity index (χ1n) is 6.36. The molecule has 0 fully saturated rings. The highest BCUT2D eigenvalue weighted by atomic mass is 16.6. The monoisotopic (exact) mass is 296 g/mol. The molecule has 0 aliphatic carbocycles. The van der Waals surface area contributed by atoms with Crippen molar-refractivity contribution in [2.75, 3.05) is 7.05 Å². The summed E-state index contributed by atoms with van der Waals surface area (Å²) in [5.41, 5.74) is 1.30. The maximum Gasteiger partial charge on any atom is 0.287 e. The van der Waals surface area contributed by atoms with Crippen molar-refractivity contribution < 1.29 is 9.72 Å². The van der Waals surface area contributed by atoms with Crippen molar-refractivity contribution in [2.45, 2.75) is 6.54 Å². The Balaban J connectivity index is 2.11. The molecule has 0 unspecified atom stereocenters. The Morgan fingerprint density at radius 1 is 1.41 bits per heavy atom. The van der Waals surface area contributed by atoms with Crippen molar-refractivity contribution in [2.24, 2.45) is 0 Å². The molecule has 0 radical (unpaired) electrons. The van der Waals surface area contributed by atoms with E-state index in [0.717, 1.165) is 11.8 Å². The van der Waals surface area contributed by atoms with Gasteiger partial charge in [0.15, 0.2) is 0 Å². The van der Waals surface area contributed by atoms with E-state index in [2.05, 4.69) is 4.98 Å². The summed E-state index contributed by atoms with van der Waals surface area (Å²) in [6.07, 6.45) is 1.05. The number of carbonyl (C=O) groups excluding carboxylic acids is 1. The fourth-order valence-corrected chi connectivity index (χ4v) is 1.90. The number of hydrogen-bond acceptors (Lipinski definition) is 5. The summed E-state index contributed by atoms with van der Waals surface area (Å²) in [7, 11) is 1.60. The summed E-state index contributed by atoms with van der Waals surface area (Å²) < 4.78 is 0. The van der Waals surface area contributed by atoms with Gasteiger partial charge < -0.3 is 4.90 Å². The molecule has 0 spiro atoms. The van der Waals surface area contributed by atoms with Gasteiger partial charge in [0.05, 0.1) is 16.6 Å². The van der Waals surface area contributed by atoms with E-state index < -0.39 is 4.92 Å². The molecule has 0 saturated heterocycles. The van der Waals surface area contributed by atoms with E-state index in [1.54, 1.807) is 25.2 Å². The third-order valence-corrected chi connectivity index (χ3v) is 3.00. The number of carbonyl (C=O) groups is 1. The Bertz CT molecular complexity index is 750. The third-order valence-electron chi connectivity index (χ3n) is 3.00. The Morgan fingerprint density at radius 3 is 2.77 bits per heavy atom. The second-order valence-corrected chi connectivity index (χ2v) is 4.63. The van der Waals surface area contributed by atoms with Crippen molar-refractivity contribution in [3.8, 4) is 6.07 Å². The molecule has 0 aliphatic heterocycles. The van der Waals surface area contributed by atoms with Crippen molar-refractivity contribution in [1.82, 2.24) is 9.88 Å². The zero-order chi connectivity index (χ0) is 16.1. The number of rotatable bonds is 4. The van der Waals surface area contributed by atoms with E-state index in [0.29, 0.717) is 12.1 Å². The minimum Gasteiger partial charge on any atom is -0.336 e. The van der Waals surface area contributed by atoms with E-state index in [9.17, 15) is 14.9 Å². The molecular formula is C15H12N4O3. The highest BCUT2D eigenvalue weighted by Gasteiger charge is 2.15. The largest absolute Gasteiger partial charge is 0.336 e. The lowest BCUT2D eigenvalue weighted by molar-refractivity contribution is -0.385. The average Bonchev–Trinajstić information content (AvgIpc) is 2.54. The molecule has 2 aromatic rings. The maximum absolute atomic E-state index is 12.2. The molecule has 7 heteroatoms. The molecule has 1 amide bonds. The Labute approximate surface area is 126 Å². The topological polar surface area (TPSA) is 100 Å². The fourth-order valence-electron chi connectivity index (χ4n) is 1.90. The molecule has 0 saturated carbocycles. The maximum atomic E-state index is 12.2. The first-order chi connectivity index (χ1) is 10.5. The summed E-state index contributed by atoms with van der Waals surface area (Å²) in [6.45, 7) is 0.313. The molecule has 110 valence electrons. The molecule has 0 N–H and O–H groups in total. The van der Waals surface area contributed by atoms with Crippen LogP contribution in [0.5, 0.6) is 0 Å². The minimum absolute atomic E-state index is 0.129. The van der Waals surface area contributed by atoms with Gasteiger partial charge in [0, 0.05) is 19.7 Å². The van der Waals surface area contributed by atoms with Gasteiger partial charge in [0.25, 0.3) is 11.6 Å². The van der Waals surface area contributed by atoms with Crippen LogP contribution in [0.3, 0.4) is 0 Å². The lowest BCUT2D eigenvalue weighted by atomic mass is 10.1. The Morgan fingerprint density at radius 2 is 2.18 bits per heavy atom. The standard InChI is InChI=1S/C15H12N4O3/c1-18(10-12-4-2-3-11(7-12)8-16)15(20)14-6-5-13(9-17-14)19(21)22/h2-7,9H,10H2,1H3.